The van der Waals surface area contributed by atoms with E-state index in [1.54, 1.807) is 6.07 Å². The molecule has 1 aliphatic rings. The van der Waals surface area contributed by atoms with Crippen LogP contribution in [0.2, 0.25) is 0 Å². The van der Waals surface area contributed by atoms with Gasteiger partial charge in [-0.2, -0.15) is 0 Å². The molecule has 3 rings (SSSR count). The van der Waals surface area contributed by atoms with Gasteiger partial charge in [0, 0.05) is 37.3 Å². The smallest absolute Gasteiger partial charge is 0.374 e. The van der Waals surface area contributed by atoms with Crippen LogP contribution in [-0.2, 0) is 4.74 Å². The number of ether oxygens (including phenoxy) is 1. The number of hydrogen-bond acceptors (Lipinski definition) is 5. The van der Waals surface area contributed by atoms with Crippen molar-refractivity contribution in [3.63, 3.8) is 0 Å². The van der Waals surface area contributed by atoms with Crippen LogP contribution in [0.25, 0.3) is 11.0 Å². The quantitative estimate of drug-likeness (QED) is 0.880. The monoisotopic (exact) mass is 302 g/mol. The summed E-state index contributed by atoms with van der Waals surface area (Å²) in [5.41, 5.74) is 1.88. The largest absolute Gasteiger partial charge is 0.460 e. The van der Waals surface area contributed by atoms with Crippen LogP contribution in [0.5, 0.6) is 0 Å². The molecule has 5 nitrogen and oxygen atoms in total. The lowest BCUT2D eigenvalue weighted by molar-refractivity contribution is 0.0425. The van der Waals surface area contributed by atoms with Gasteiger partial charge >= 0.3 is 5.97 Å². The van der Waals surface area contributed by atoms with Crippen LogP contribution in [-0.4, -0.2) is 38.8 Å². The van der Waals surface area contributed by atoms with Crippen LogP contribution in [0, 0.1) is 5.92 Å². The average Bonchev–Trinajstić information content (AvgIpc) is 2.96. The van der Waals surface area contributed by atoms with Gasteiger partial charge in [-0.25, -0.2) is 4.79 Å². The summed E-state index contributed by atoms with van der Waals surface area (Å²) in [5, 5.41) is 4.28. The third kappa shape index (κ3) is 3.25. The number of anilines is 1. The van der Waals surface area contributed by atoms with E-state index in [1.165, 1.54) is 0 Å². The highest BCUT2D eigenvalue weighted by molar-refractivity contribution is 5.93. The molecule has 0 saturated carbocycles. The highest BCUT2D eigenvalue weighted by Gasteiger charge is 2.16. The molecule has 1 fully saturated rings. The number of fused-ring (bicyclic) bond motifs is 1. The Hall–Kier alpha value is -2.01. The van der Waals surface area contributed by atoms with Gasteiger partial charge in [0.2, 0.25) is 5.76 Å². The lowest BCUT2D eigenvalue weighted by Gasteiger charge is -2.29. The van der Waals surface area contributed by atoms with Crippen molar-refractivity contribution in [2.24, 2.45) is 5.92 Å². The Bertz CT molecular complexity index is 657. The summed E-state index contributed by atoms with van der Waals surface area (Å²) >= 11 is 0. The van der Waals surface area contributed by atoms with Gasteiger partial charge in [0.05, 0.1) is 6.61 Å². The third-order valence-corrected chi connectivity index (χ3v) is 3.73. The molecule has 1 aromatic heterocycles. The summed E-state index contributed by atoms with van der Waals surface area (Å²) in [7, 11) is 0. The van der Waals surface area contributed by atoms with E-state index in [1.807, 2.05) is 26.0 Å². The SMILES string of the molecule is CC(C)COC(=O)c1cc2cc(N3CCNCC3)ccc2o1. The predicted octanol–water partition coefficient (Wildman–Crippen LogP) is 2.66. The van der Waals surface area contributed by atoms with Crippen molar-refractivity contribution in [1.29, 1.82) is 0 Å². The number of esters is 1. The molecule has 1 aliphatic heterocycles. The summed E-state index contributed by atoms with van der Waals surface area (Å²) in [6, 6.07) is 7.80. The number of piperazine rings is 1. The number of hydrogen-bond donors (Lipinski definition) is 1. The highest BCUT2D eigenvalue weighted by atomic mass is 16.5. The summed E-state index contributed by atoms with van der Waals surface area (Å²) in [6.45, 7) is 8.39. The van der Waals surface area contributed by atoms with E-state index >= 15 is 0 Å². The van der Waals surface area contributed by atoms with Crippen LogP contribution < -0.4 is 10.2 Å². The topological polar surface area (TPSA) is 54.7 Å². The molecular weight excluding hydrogens is 280 g/mol. The van der Waals surface area contributed by atoms with Gasteiger partial charge in [0.1, 0.15) is 5.58 Å². The molecule has 118 valence electrons. The molecule has 1 saturated heterocycles. The summed E-state index contributed by atoms with van der Waals surface area (Å²) in [6.07, 6.45) is 0. The van der Waals surface area contributed by atoms with Gasteiger partial charge in [-0.15, -0.1) is 0 Å². The van der Waals surface area contributed by atoms with Crippen molar-refractivity contribution < 1.29 is 13.9 Å². The second-order valence-electron chi connectivity index (χ2n) is 6.06. The zero-order valence-corrected chi connectivity index (χ0v) is 13.1. The van der Waals surface area contributed by atoms with E-state index in [0.717, 1.165) is 42.8 Å². The lowest BCUT2D eigenvalue weighted by Crippen LogP contribution is -2.43. The minimum absolute atomic E-state index is 0.271. The molecule has 0 amide bonds. The molecule has 2 heterocycles. The van der Waals surface area contributed by atoms with Crippen LogP contribution in [0.4, 0.5) is 5.69 Å². The average molecular weight is 302 g/mol. The van der Waals surface area contributed by atoms with Crippen molar-refractivity contribution in [2.75, 3.05) is 37.7 Å². The van der Waals surface area contributed by atoms with Crippen molar-refractivity contribution in [3.05, 3.63) is 30.0 Å². The van der Waals surface area contributed by atoms with Crippen molar-refractivity contribution >= 4 is 22.6 Å². The Morgan fingerprint density at radius 2 is 2.09 bits per heavy atom. The molecule has 22 heavy (non-hydrogen) atoms. The molecule has 0 aliphatic carbocycles. The number of carbonyl (C=O) groups excluding carboxylic acids is 1. The maximum Gasteiger partial charge on any atom is 0.374 e. The molecule has 5 heteroatoms. The molecule has 0 spiro atoms. The van der Waals surface area contributed by atoms with Crippen molar-refractivity contribution in [1.82, 2.24) is 5.32 Å². The second kappa shape index (κ2) is 6.40. The van der Waals surface area contributed by atoms with E-state index in [-0.39, 0.29) is 5.76 Å². The first-order valence-electron chi connectivity index (χ1n) is 7.80. The van der Waals surface area contributed by atoms with Gasteiger partial charge in [-0.05, 0) is 30.2 Å². The minimum atomic E-state index is -0.395. The number of benzene rings is 1. The molecule has 0 bridgehead atoms. The molecule has 0 radical (unpaired) electrons. The fourth-order valence-electron chi connectivity index (χ4n) is 2.56. The first-order valence-corrected chi connectivity index (χ1v) is 7.80. The van der Waals surface area contributed by atoms with Crippen LogP contribution in [0.1, 0.15) is 24.4 Å². The van der Waals surface area contributed by atoms with E-state index in [9.17, 15) is 4.79 Å². The molecule has 0 atom stereocenters. The highest BCUT2D eigenvalue weighted by Crippen LogP contribution is 2.26. The molecule has 0 unspecified atom stereocenters. The first-order chi connectivity index (χ1) is 10.6. The Labute approximate surface area is 130 Å². The van der Waals surface area contributed by atoms with Gasteiger partial charge in [-0.1, -0.05) is 13.8 Å². The predicted molar refractivity (Wildman–Crippen MR) is 86.4 cm³/mol. The van der Waals surface area contributed by atoms with Crippen LogP contribution in [0.15, 0.2) is 28.7 Å². The minimum Gasteiger partial charge on any atom is -0.460 e. The van der Waals surface area contributed by atoms with E-state index < -0.39 is 5.97 Å². The number of rotatable bonds is 4. The van der Waals surface area contributed by atoms with E-state index in [4.69, 9.17) is 9.15 Å². The lowest BCUT2D eigenvalue weighted by atomic mass is 10.2. The van der Waals surface area contributed by atoms with E-state index in [0.29, 0.717) is 12.5 Å². The summed E-state index contributed by atoms with van der Waals surface area (Å²) in [4.78, 5) is 14.3. The molecule has 1 N–H and O–H groups in total. The Morgan fingerprint density at radius 3 is 2.82 bits per heavy atom. The zero-order chi connectivity index (χ0) is 15.5. The molecule has 2 aromatic rings. The maximum absolute atomic E-state index is 12.0. The summed E-state index contributed by atoms with van der Waals surface area (Å²) in [5.74, 6) is 0.189. The van der Waals surface area contributed by atoms with E-state index in [2.05, 4.69) is 16.3 Å². The van der Waals surface area contributed by atoms with Crippen molar-refractivity contribution in [3.8, 4) is 0 Å². The fraction of sp³-hybridized carbons (Fsp3) is 0.471. The molecule has 1 aromatic carbocycles. The maximum atomic E-state index is 12.0. The molecular formula is C17H22N2O3. The number of nitrogens with zero attached hydrogens (tertiary/aromatic N) is 1. The second-order valence-corrected chi connectivity index (χ2v) is 6.06. The third-order valence-electron chi connectivity index (χ3n) is 3.73. The van der Waals surface area contributed by atoms with Crippen molar-refractivity contribution in [2.45, 2.75) is 13.8 Å². The zero-order valence-electron chi connectivity index (χ0n) is 13.1. The van der Waals surface area contributed by atoms with Gasteiger partial charge in [0.25, 0.3) is 0 Å². The fourth-order valence-corrected chi connectivity index (χ4v) is 2.56. The first kappa shape index (κ1) is 14.9. The van der Waals surface area contributed by atoms with Gasteiger partial charge in [0.15, 0.2) is 0 Å². The van der Waals surface area contributed by atoms with Crippen LogP contribution in [0.3, 0.4) is 0 Å². The number of furan rings is 1. The standard InChI is InChI=1S/C17H22N2O3/c1-12(2)11-21-17(20)16-10-13-9-14(3-4-15(13)22-16)19-7-5-18-6-8-19/h3-4,9-10,12,18H,5-8,11H2,1-2H3. The van der Waals surface area contributed by atoms with Gasteiger partial charge in [-0.3, -0.25) is 0 Å². The van der Waals surface area contributed by atoms with Gasteiger partial charge < -0.3 is 19.4 Å². The number of nitrogens with one attached hydrogen (secondary N) is 1. The Morgan fingerprint density at radius 1 is 1.32 bits per heavy atom. The number of carbonyl (C=O) groups is 1. The Kier molecular flexibility index (Phi) is 4.34. The van der Waals surface area contributed by atoms with Crippen LogP contribution >= 0.6 is 0 Å². The normalized spacial score (nSPS) is 15.5. The summed E-state index contributed by atoms with van der Waals surface area (Å²) < 4.78 is 10.8. The Balaban J connectivity index is 1.79.